The number of nitrogens with one attached hydrogen (secondary N) is 1. The van der Waals surface area contributed by atoms with E-state index in [0.717, 1.165) is 43.1 Å². The summed E-state index contributed by atoms with van der Waals surface area (Å²) in [5, 5.41) is 3.02. The average molecular weight is 352 g/mol. The number of carbonyl (C=O) groups excluding carboxylic acids is 1. The van der Waals surface area contributed by atoms with Crippen LogP contribution in [0, 0.1) is 6.92 Å². The molecule has 2 amide bonds. The molecular formula is C21H28N4O. The molecule has 5 heteroatoms. The number of carbonyl (C=O) groups is 1. The van der Waals surface area contributed by atoms with Gasteiger partial charge >= 0.3 is 6.03 Å². The quantitative estimate of drug-likeness (QED) is 0.898. The van der Waals surface area contributed by atoms with Crippen LogP contribution in [0.5, 0.6) is 0 Å². The van der Waals surface area contributed by atoms with Crippen LogP contribution < -0.4 is 10.2 Å². The van der Waals surface area contributed by atoms with Gasteiger partial charge in [-0.25, -0.2) is 9.78 Å². The highest BCUT2D eigenvalue weighted by Crippen LogP contribution is 2.18. The van der Waals surface area contributed by atoms with Crippen LogP contribution in [-0.4, -0.2) is 42.1 Å². The van der Waals surface area contributed by atoms with Crippen LogP contribution in [0.25, 0.3) is 0 Å². The first-order valence-electron chi connectivity index (χ1n) is 9.36. The Bertz CT molecular complexity index is 725. The summed E-state index contributed by atoms with van der Waals surface area (Å²) in [5.41, 5.74) is 3.28. The maximum atomic E-state index is 12.6. The van der Waals surface area contributed by atoms with Gasteiger partial charge in [0.15, 0.2) is 0 Å². The molecule has 1 aliphatic rings. The first kappa shape index (κ1) is 18.2. The van der Waals surface area contributed by atoms with E-state index in [4.69, 9.17) is 0 Å². The van der Waals surface area contributed by atoms with Gasteiger partial charge in [0.1, 0.15) is 5.82 Å². The summed E-state index contributed by atoms with van der Waals surface area (Å²) in [5.74, 6) is 1.48. The highest BCUT2D eigenvalue weighted by molar-refractivity contribution is 5.89. The van der Waals surface area contributed by atoms with Crippen LogP contribution in [0.3, 0.4) is 0 Å². The third kappa shape index (κ3) is 4.54. The van der Waals surface area contributed by atoms with Crippen molar-refractivity contribution in [1.29, 1.82) is 0 Å². The van der Waals surface area contributed by atoms with E-state index < -0.39 is 0 Å². The van der Waals surface area contributed by atoms with Gasteiger partial charge in [-0.15, -0.1) is 0 Å². The van der Waals surface area contributed by atoms with Gasteiger partial charge in [-0.3, -0.25) is 0 Å². The van der Waals surface area contributed by atoms with E-state index in [1.807, 2.05) is 30.2 Å². The number of anilines is 2. The van der Waals surface area contributed by atoms with Crippen molar-refractivity contribution in [2.75, 3.05) is 36.4 Å². The van der Waals surface area contributed by atoms with Crippen LogP contribution >= 0.6 is 0 Å². The number of aromatic nitrogens is 1. The number of amides is 2. The predicted octanol–water partition coefficient (Wildman–Crippen LogP) is 4.26. The number of urea groups is 1. The summed E-state index contributed by atoms with van der Waals surface area (Å²) in [4.78, 5) is 21.3. The fraction of sp³-hybridized carbons (Fsp3) is 0.429. The number of rotatable bonds is 3. The second-order valence-electron chi connectivity index (χ2n) is 7.23. The van der Waals surface area contributed by atoms with Crippen molar-refractivity contribution in [2.24, 2.45) is 0 Å². The van der Waals surface area contributed by atoms with E-state index in [0.29, 0.717) is 12.5 Å². The van der Waals surface area contributed by atoms with Crippen molar-refractivity contribution in [3.63, 3.8) is 0 Å². The van der Waals surface area contributed by atoms with E-state index in [1.54, 1.807) is 0 Å². The molecule has 0 aliphatic carbocycles. The molecule has 2 aromatic rings. The van der Waals surface area contributed by atoms with E-state index in [-0.39, 0.29) is 6.03 Å². The molecule has 138 valence electrons. The largest absolute Gasteiger partial charge is 0.355 e. The van der Waals surface area contributed by atoms with Crippen molar-refractivity contribution in [2.45, 2.75) is 33.1 Å². The smallest absolute Gasteiger partial charge is 0.321 e. The van der Waals surface area contributed by atoms with Gasteiger partial charge in [-0.05, 0) is 48.6 Å². The van der Waals surface area contributed by atoms with E-state index in [2.05, 4.69) is 53.3 Å². The Kier molecular flexibility index (Phi) is 5.76. The fourth-order valence-electron chi connectivity index (χ4n) is 3.15. The molecule has 2 heterocycles. The summed E-state index contributed by atoms with van der Waals surface area (Å²) in [6, 6.07) is 12.2. The van der Waals surface area contributed by atoms with E-state index in [1.165, 1.54) is 5.56 Å². The van der Waals surface area contributed by atoms with Crippen molar-refractivity contribution >= 4 is 17.5 Å². The number of hydrogen-bond donors (Lipinski definition) is 1. The van der Waals surface area contributed by atoms with Crippen molar-refractivity contribution in [1.82, 2.24) is 9.88 Å². The number of benzene rings is 1. The normalized spacial score (nSPS) is 15.1. The molecule has 1 aromatic carbocycles. The Morgan fingerprint density at radius 1 is 1.04 bits per heavy atom. The van der Waals surface area contributed by atoms with Gasteiger partial charge in [-0.1, -0.05) is 32.0 Å². The zero-order valence-corrected chi connectivity index (χ0v) is 15.9. The molecule has 3 rings (SSSR count). The van der Waals surface area contributed by atoms with Crippen molar-refractivity contribution in [3.05, 3.63) is 53.7 Å². The molecule has 0 saturated carbocycles. The van der Waals surface area contributed by atoms with Gasteiger partial charge < -0.3 is 15.1 Å². The summed E-state index contributed by atoms with van der Waals surface area (Å²) in [6.45, 7) is 9.56. The molecule has 0 bridgehead atoms. The van der Waals surface area contributed by atoms with Gasteiger partial charge in [0.05, 0.1) is 0 Å². The fourth-order valence-corrected chi connectivity index (χ4v) is 3.15. The standard InChI is InChI=1S/C21H28N4O/c1-16(2)18-6-8-19(9-7-18)23-21(26)25-12-4-11-24(13-14-25)20-10-5-17(3)15-22-20/h5-10,15-16H,4,11-14H2,1-3H3,(H,23,26). The zero-order chi connectivity index (χ0) is 18.5. The molecule has 1 aliphatic heterocycles. The average Bonchev–Trinajstić information content (AvgIpc) is 2.89. The molecule has 1 aromatic heterocycles. The minimum absolute atomic E-state index is 0.0268. The molecule has 0 radical (unpaired) electrons. The molecule has 1 fully saturated rings. The van der Waals surface area contributed by atoms with Gasteiger partial charge in [-0.2, -0.15) is 0 Å². The lowest BCUT2D eigenvalue weighted by Crippen LogP contribution is -2.38. The van der Waals surface area contributed by atoms with Gasteiger partial charge in [0.2, 0.25) is 0 Å². The number of aryl methyl sites for hydroxylation is 1. The summed E-state index contributed by atoms with van der Waals surface area (Å²) in [7, 11) is 0. The Hall–Kier alpha value is -2.56. The maximum absolute atomic E-state index is 12.6. The number of nitrogens with zero attached hydrogens (tertiary/aromatic N) is 3. The van der Waals surface area contributed by atoms with E-state index in [9.17, 15) is 4.79 Å². The van der Waals surface area contributed by atoms with Crippen LogP contribution in [0.15, 0.2) is 42.6 Å². The third-order valence-corrected chi connectivity index (χ3v) is 4.83. The monoisotopic (exact) mass is 352 g/mol. The van der Waals surface area contributed by atoms with E-state index >= 15 is 0 Å². The van der Waals surface area contributed by atoms with Crippen LogP contribution in [0.1, 0.15) is 37.3 Å². The zero-order valence-electron chi connectivity index (χ0n) is 15.9. The Balaban J connectivity index is 1.57. The molecule has 26 heavy (non-hydrogen) atoms. The van der Waals surface area contributed by atoms with Gasteiger partial charge in [0.25, 0.3) is 0 Å². The van der Waals surface area contributed by atoms with Crippen LogP contribution in [-0.2, 0) is 0 Å². The van der Waals surface area contributed by atoms with Crippen molar-refractivity contribution in [3.8, 4) is 0 Å². The second-order valence-corrected chi connectivity index (χ2v) is 7.23. The Morgan fingerprint density at radius 3 is 2.46 bits per heavy atom. The lowest BCUT2D eigenvalue weighted by atomic mass is 10.0. The first-order valence-corrected chi connectivity index (χ1v) is 9.36. The van der Waals surface area contributed by atoms with Crippen LogP contribution in [0.2, 0.25) is 0 Å². The Labute approximate surface area is 156 Å². The molecule has 0 unspecified atom stereocenters. The minimum Gasteiger partial charge on any atom is -0.355 e. The first-order chi connectivity index (χ1) is 12.5. The summed E-state index contributed by atoms with van der Waals surface area (Å²) in [6.07, 6.45) is 2.83. The van der Waals surface area contributed by atoms with Crippen molar-refractivity contribution < 1.29 is 4.79 Å². The summed E-state index contributed by atoms with van der Waals surface area (Å²) < 4.78 is 0. The predicted molar refractivity (Wildman–Crippen MR) is 107 cm³/mol. The SMILES string of the molecule is Cc1ccc(N2CCCN(C(=O)Nc3ccc(C(C)C)cc3)CC2)nc1. The molecular weight excluding hydrogens is 324 g/mol. The topological polar surface area (TPSA) is 48.5 Å². The Morgan fingerprint density at radius 2 is 1.81 bits per heavy atom. The molecule has 0 atom stereocenters. The maximum Gasteiger partial charge on any atom is 0.321 e. The number of hydrogen-bond acceptors (Lipinski definition) is 3. The summed E-state index contributed by atoms with van der Waals surface area (Å²) >= 11 is 0. The molecule has 0 spiro atoms. The third-order valence-electron chi connectivity index (χ3n) is 4.83. The second kappa shape index (κ2) is 8.21. The molecule has 1 N–H and O–H groups in total. The molecule has 5 nitrogen and oxygen atoms in total. The molecule has 1 saturated heterocycles. The van der Waals surface area contributed by atoms with Crippen LogP contribution in [0.4, 0.5) is 16.3 Å². The lowest BCUT2D eigenvalue weighted by molar-refractivity contribution is 0.215. The lowest BCUT2D eigenvalue weighted by Gasteiger charge is -2.23. The number of pyridine rings is 1. The van der Waals surface area contributed by atoms with Gasteiger partial charge in [0, 0.05) is 38.1 Å². The highest BCUT2D eigenvalue weighted by Gasteiger charge is 2.20. The minimum atomic E-state index is -0.0268. The highest BCUT2D eigenvalue weighted by atomic mass is 16.2.